The highest BCUT2D eigenvalue weighted by atomic mass is 16.5. The van der Waals surface area contributed by atoms with Gasteiger partial charge in [-0.25, -0.2) is 4.98 Å². The molecule has 1 fully saturated rings. The Kier molecular flexibility index (Phi) is 5.88. The van der Waals surface area contributed by atoms with Gasteiger partial charge in [-0.1, -0.05) is 24.3 Å². The van der Waals surface area contributed by atoms with Crippen LogP contribution in [-0.2, 0) is 4.79 Å². The van der Waals surface area contributed by atoms with Crippen molar-refractivity contribution in [3.05, 3.63) is 36.6 Å². The van der Waals surface area contributed by atoms with Crippen molar-refractivity contribution in [2.45, 2.75) is 13.3 Å². The predicted molar refractivity (Wildman–Crippen MR) is 101 cm³/mol. The molecule has 7 heteroatoms. The Balaban J connectivity index is 1.58. The zero-order chi connectivity index (χ0) is 18.4. The molecular weight excluding hydrogens is 330 g/mol. The van der Waals surface area contributed by atoms with Gasteiger partial charge in [0.25, 0.3) is 0 Å². The molecule has 0 spiro atoms. The Morgan fingerprint density at radius 2 is 2.12 bits per heavy atom. The second kappa shape index (κ2) is 8.31. The van der Waals surface area contributed by atoms with Crippen LogP contribution in [0.25, 0.3) is 0 Å². The number of hydrogen-bond acceptors (Lipinski definition) is 6. The largest absolute Gasteiger partial charge is 0.481 e. The zero-order valence-electron chi connectivity index (χ0n) is 15.5. The number of allylic oxidation sites excluding steroid dienone is 3. The van der Waals surface area contributed by atoms with Gasteiger partial charge in [0.15, 0.2) is 0 Å². The van der Waals surface area contributed by atoms with Gasteiger partial charge in [0.05, 0.1) is 7.11 Å². The summed E-state index contributed by atoms with van der Waals surface area (Å²) < 4.78 is 5.19. The molecule has 0 saturated carbocycles. The fourth-order valence-corrected chi connectivity index (χ4v) is 3.46. The average Bonchev–Trinajstić information content (AvgIpc) is 2.68. The van der Waals surface area contributed by atoms with E-state index in [9.17, 15) is 4.79 Å². The van der Waals surface area contributed by atoms with Gasteiger partial charge in [0.2, 0.25) is 17.7 Å². The third kappa shape index (κ3) is 4.60. The molecule has 0 radical (unpaired) electrons. The summed E-state index contributed by atoms with van der Waals surface area (Å²) in [4.78, 5) is 24.8. The summed E-state index contributed by atoms with van der Waals surface area (Å²) in [5, 5.41) is 3.00. The topological polar surface area (TPSA) is 70.6 Å². The molecule has 1 aromatic rings. The molecule has 26 heavy (non-hydrogen) atoms. The summed E-state index contributed by atoms with van der Waals surface area (Å²) in [5.74, 6) is 1.33. The summed E-state index contributed by atoms with van der Waals surface area (Å²) >= 11 is 0. The van der Waals surface area contributed by atoms with E-state index in [4.69, 9.17) is 4.74 Å². The average molecular weight is 357 g/mol. The monoisotopic (exact) mass is 357 g/mol. The molecule has 0 bridgehead atoms. The smallest absolute Gasteiger partial charge is 0.228 e. The van der Waals surface area contributed by atoms with Crippen molar-refractivity contribution in [1.29, 1.82) is 0 Å². The lowest BCUT2D eigenvalue weighted by molar-refractivity contribution is -0.119. The van der Waals surface area contributed by atoms with E-state index in [1.807, 2.05) is 0 Å². The van der Waals surface area contributed by atoms with Gasteiger partial charge in [-0.15, -0.1) is 0 Å². The maximum atomic E-state index is 11.4. The lowest BCUT2D eigenvalue weighted by atomic mass is 9.80. The number of methoxy groups -OCH3 is 1. The minimum atomic E-state index is -0.0327. The molecule has 2 aliphatic rings. The number of piperazine rings is 1. The Hall–Kier alpha value is -2.41. The maximum Gasteiger partial charge on any atom is 0.228 e. The number of rotatable bonds is 6. The Morgan fingerprint density at radius 3 is 2.77 bits per heavy atom. The van der Waals surface area contributed by atoms with Crippen LogP contribution >= 0.6 is 0 Å². The van der Waals surface area contributed by atoms with Crippen LogP contribution in [-0.4, -0.2) is 67.2 Å². The lowest BCUT2D eigenvalue weighted by Crippen LogP contribution is -2.52. The highest BCUT2D eigenvalue weighted by Crippen LogP contribution is 2.29. The van der Waals surface area contributed by atoms with E-state index in [0.717, 1.165) is 45.1 Å². The number of amides is 1. The molecule has 1 unspecified atom stereocenters. The molecule has 1 atom stereocenters. The van der Waals surface area contributed by atoms with Gasteiger partial charge in [-0.3, -0.25) is 9.69 Å². The van der Waals surface area contributed by atoms with Crippen molar-refractivity contribution >= 4 is 11.9 Å². The molecule has 1 saturated heterocycles. The van der Waals surface area contributed by atoms with Crippen LogP contribution in [0.3, 0.4) is 0 Å². The molecule has 1 N–H and O–H groups in total. The molecule has 1 aliphatic heterocycles. The van der Waals surface area contributed by atoms with E-state index in [1.165, 1.54) is 0 Å². The van der Waals surface area contributed by atoms with Crippen LogP contribution in [0.5, 0.6) is 5.88 Å². The fraction of sp³-hybridized carbons (Fsp3) is 0.526. The van der Waals surface area contributed by atoms with Crippen LogP contribution in [0.2, 0.25) is 0 Å². The summed E-state index contributed by atoms with van der Waals surface area (Å²) in [5.41, 5.74) is -0.0327. The van der Waals surface area contributed by atoms with Gasteiger partial charge < -0.3 is 15.0 Å². The first-order valence-corrected chi connectivity index (χ1v) is 9.03. The van der Waals surface area contributed by atoms with Crippen molar-refractivity contribution in [2.75, 3.05) is 51.3 Å². The van der Waals surface area contributed by atoms with Crippen LogP contribution in [0, 0.1) is 5.41 Å². The quantitative estimate of drug-likeness (QED) is 0.826. The minimum Gasteiger partial charge on any atom is -0.481 e. The molecule has 1 amide bonds. The van der Waals surface area contributed by atoms with E-state index >= 15 is 0 Å². The Labute approximate surface area is 154 Å². The van der Waals surface area contributed by atoms with E-state index in [2.05, 4.69) is 49.4 Å². The van der Waals surface area contributed by atoms with Crippen LogP contribution in [0.4, 0.5) is 5.95 Å². The molecule has 0 aromatic carbocycles. The standard InChI is InChI=1S/C19H27N5O2/c1-16(25)21-14-19(7-4-3-5-8-19)15-23-10-12-24(13-11-23)18-20-9-6-17(22-18)26-2/h3-7,9H,8,10-15H2,1-2H3,(H,21,25). The van der Waals surface area contributed by atoms with Crippen LogP contribution in [0.1, 0.15) is 13.3 Å². The minimum absolute atomic E-state index is 0.0207. The summed E-state index contributed by atoms with van der Waals surface area (Å²) in [7, 11) is 1.62. The first kappa shape index (κ1) is 18.4. The third-order valence-corrected chi connectivity index (χ3v) is 4.93. The summed E-state index contributed by atoms with van der Waals surface area (Å²) in [6.45, 7) is 6.82. The molecular formula is C19H27N5O2. The van der Waals surface area contributed by atoms with Gasteiger partial charge in [-0.2, -0.15) is 4.98 Å². The first-order chi connectivity index (χ1) is 12.6. The highest BCUT2D eigenvalue weighted by molar-refractivity contribution is 5.72. The predicted octanol–water partition coefficient (Wildman–Crippen LogP) is 1.25. The third-order valence-electron chi connectivity index (χ3n) is 4.93. The molecule has 1 aromatic heterocycles. The summed E-state index contributed by atoms with van der Waals surface area (Å²) in [6, 6.07) is 1.76. The maximum absolute atomic E-state index is 11.4. The van der Waals surface area contributed by atoms with Crippen LogP contribution < -0.4 is 15.0 Å². The first-order valence-electron chi connectivity index (χ1n) is 9.03. The molecule has 1 aliphatic carbocycles. The van der Waals surface area contributed by atoms with E-state index in [-0.39, 0.29) is 11.3 Å². The van der Waals surface area contributed by atoms with E-state index in [0.29, 0.717) is 12.4 Å². The Bertz CT molecular complexity index is 682. The van der Waals surface area contributed by atoms with Gasteiger partial charge in [0, 0.05) is 63.9 Å². The van der Waals surface area contributed by atoms with Crippen LogP contribution in [0.15, 0.2) is 36.6 Å². The number of anilines is 1. The number of carbonyl (C=O) groups is 1. The van der Waals surface area contributed by atoms with Crippen molar-refractivity contribution in [2.24, 2.45) is 5.41 Å². The second-order valence-electron chi connectivity index (χ2n) is 6.93. The Morgan fingerprint density at radius 1 is 1.31 bits per heavy atom. The van der Waals surface area contributed by atoms with Gasteiger partial charge >= 0.3 is 0 Å². The van der Waals surface area contributed by atoms with Gasteiger partial charge in [-0.05, 0) is 6.42 Å². The zero-order valence-corrected chi connectivity index (χ0v) is 15.5. The number of carbonyl (C=O) groups excluding carboxylic acids is 1. The fourth-order valence-electron chi connectivity index (χ4n) is 3.46. The van der Waals surface area contributed by atoms with E-state index in [1.54, 1.807) is 26.3 Å². The number of ether oxygens (including phenoxy) is 1. The molecule has 7 nitrogen and oxygen atoms in total. The van der Waals surface area contributed by atoms with Crippen molar-refractivity contribution in [3.8, 4) is 5.88 Å². The van der Waals surface area contributed by atoms with Crippen molar-refractivity contribution < 1.29 is 9.53 Å². The highest BCUT2D eigenvalue weighted by Gasteiger charge is 2.31. The molecule has 140 valence electrons. The molecule has 3 rings (SSSR count). The lowest BCUT2D eigenvalue weighted by Gasteiger charge is -2.41. The normalized spacial score (nSPS) is 23.1. The number of aromatic nitrogens is 2. The van der Waals surface area contributed by atoms with E-state index < -0.39 is 0 Å². The van der Waals surface area contributed by atoms with Crippen molar-refractivity contribution in [1.82, 2.24) is 20.2 Å². The summed E-state index contributed by atoms with van der Waals surface area (Å²) in [6.07, 6.45) is 11.3. The molecule has 2 heterocycles. The van der Waals surface area contributed by atoms with Crippen molar-refractivity contribution in [3.63, 3.8) is 0 Å². The SMILES string of the molecule is COc1ccnc(N2CCN(CC3(CNC(C)=O)C=CC=CC3)CC2)n1. The number of nitrogens with one attached hydrogen (secondary N) is 1. The number of hydrogen-bond donors (Lipinski definition) is 1. The van der Waals surface area contributed by atoms with Gasteiger partial charge in [0.1, 0.15) is 0 Å². The number of nitrogens with zero attached hydrogens (tertiary/aromatic N) is 4. The second-order valence-corrected chi connectivity index (χ2v) is 6.93.